The van der Waals surface area contributed by atoms with Gasteiger partial charge in [0.05, 0.1) is 12.8 Å². The number of nitrogens with one attached hydrogen (secondary N) is 3. The fourth-order valence-corrected chi connectivity index (χ4v) is 2.60. The summed E-state index contributed by atoms with van der Waals surface area (Å²) < 4.78 is 30.0. The molecule has 2 aromatic rings. The molecule has 0 aliphatic heterocycles. The number of nitrogens with zero attached hydrogens (tertiary/aromatic N) is 2. The van der Waals surface area contributed by atoms with Gasteiger partial charge in [-0.3, -0.25) is 0 Å². The molecule has 0 saturated carbocycles. The van der Waals surface area contributed by atoms with E-state index in [-0.39, 0.29) is 6.54 Å². The monoisotopic (exact) mass is 379 g/mol. The number of hydrogen-bond donors (Lipinski definition) is 3. The van der Waals surface area contributed by atoms with Crippen LogP contribution in [-0.4, -0.2) is 45.3 Å². The van der Waals surface area contributed by atoms with E-state index in [4.69, 9.17) is 4.42 Å². The number of hydrogen-bond acceptors (Lipinski definition) is 5. The van der Waals surface area contributed by atoms with Crippen LogP contribution >= 0.6 is 0 Å². The zero-order valence-corrected chi connectivity index (χ0v) is 16.1. The third-order valence-electron chi connectivity index (χ3n) is 3.38. The van der Waals surface area contributed by atoms with Gasteiger partial charge in [0.2, 0.25) is 15.9 Å². The molecule has 0 unspecified atom stereocenters. The summed E-state index contributed by atoms with van der Waals surface area (Å²) in [5.74, 6) is 1.15. The van der Waals surface area contributed by atoms with Gasteiger partial charge in [-0.2, -0.15) is 0 Å². The molecule has 2 rings (SSSR count). The molecule has 1 heterocycles. The highest BCUT2D eigenvalue weighted by Crippen LogP contribution is 2.19. The molecule has 1 aromatic carbocycles. The third-order valence-corrected chi connectivity index (χ3v) is 4.10. The third kappa shape index (κ3) is 6.85. The van der Waals surface area contributed by atoms with Crippen LogP contribution in [0.1, 0.15) is 18.2 Å². The largest absolute Gasteiger partial charge is 0.444 e. The van der Waals surface area contributed by atoms with Crippen LogP contribution in [0.3, 0.4) is 0 Å². The highest BCUT2D eigenvalue weighted by atomic mass is 32.2. The Kier molecular flexibility index (Phi) is 7.16. The Morgan fingerprint density at radius 2 is 1.92 bits per heavy atom. The number of aryl methyl sites for hydroxylation is 1. The Morgan fingerprint density at radius 3 is 2.58 bits per heavy atom. The van der Waals surface area contributed by atoms with Crippen molar-refractivity contribution < 1.29 is 12.8 Å². The van der Waals surface area contributed by atoms with Gasteiger partial charge < -0.3 is 15.1 Å². The summed E-state index contributed by atoms with van der Waals surface area (Å²) in [5.41, 5.74) is 2.81. The molecule has 0 aliphatic rings. The molecule has 1 aromatic heterocycles. The second-order valence-electron chi connectivity index (χ2n) is 5.80. The molecule has 0 amide bonds. The second-order valence-corrected chi connectivity index (χ2v) is 7.63. The van der Waals surface area contributed by atoms with Crippen LogP contribution < -0.4 is 15.4 Å². The number of aliphatic imine (C=N–C) groups is 1. The molecule has 0 atom stereocenters. The van der Waals surface area contributed by atoms with E-state index in [0.29, 0.717) is 37.2 Å². The maximum absolute atomic E-state index is 11.0. The molecule has 0 radical (unpaired) electrons. The van der Waals surface area contributed by atoms with E-state index in [0.717, 1.165) is 11.8 Å². The molecule has 26 heavy (non-hydrogen) atoms. The Bertz CT molecular complexity index is 828. The van der Waals surface area contributed by atoms with Crippen LogP contribution in [0.4, 0.5) is 0 Å². The topological polar surface area (TPSA) is 109 Å². The van der Waals surface area contributed by atoms with Crippen molar-refractivity contribution in [2.24, 2.45) is 4.99 Å². The number of sulfonamides is 1. The first-order chi connectivity index (χ1) is 12.4. The van der Waals surface area contributed by atoms with E-state index in [1.165, 1.54) is 5.56 Å². The van der Waals surface area contributed by atoms with Crippen molar-refractivity contribution in [3.05, 3.63) is 41.8 Å². The Morgan fingerprint density at radius 1 is 1.19 bits per heavy atom. The summed E-state index contributed by atoms with van der Waals surface area (Å²) in [6.45, 7) is 5.73. The summed E-state index contributed by atoms with van der Waals surface area (Å²) in [6, 6.07) is 7.95. The van der Waals surface area contributed by atoms with Gasteiger partial charge >= 0.3 is 0 Å². The average Bonchev–Trinajstić information content (AvgIpc) is 3.05. The highest BCUT2D eigenvalue weighted by Gasteiger charge is 2.07. The minimum atomic E-state index is -3.19. The van der Waals surface area contributed by atoms with Gasteiger partial charge in [-0.25, -0.2) is 23.1 Å². The smallest absolute Gasteiger partial charge is 0.226 e. The lowest BCUT2D eigenvalue weighted by Crippen LogP contribution is -2.41. The maximum Gasteiger partial charge on any atom is 0.226 e. The lowest BCUT2D eigenvalue weighted by atomic mass is 10.1. The molecule has 8 nitrogen and oxygen atoms in total. The SMILES string of the molecule is CCNC(=NCc1coc(-c2ccc(C)cc2)n1)NCCNS(C)(=O)=O. The fourth-order valence-electron chi connectivity index (χ4n) is 2.13. The van der Waals surface area contributed by atoms with Gasteiger partial charge in [-0.15, -0.1) is 0 Å². The molecular weight excluding hydrogens is 354 g/mol. The Hall–Kier alpha value is -2.39. The number of rotatable bonds is 8. The van der Waals surface area contributed by atoms with Crippen LogP contribution in [-0.2, 0) is 16.6 Å². The lowest BCUT2D eigenvalue weighted by Gasteiger charge is -2.10. The van der Waals surface area contributed by atoms with E-state index in [1.807, 2.05) is 38.1 Å². The number of guanidine groups is 1. The zero-order valence-electron chi connectivity index (χ0n) is 15.2. The number of benzene rings is 1. The molecule has 0 aliphatic carbocycles. The van der Waals surface area contributed by atoms with Gasteiger partial charge in [0, 0.05) is 25.2 Å². The highest BCUT2D eigenvalue weighted by molar-refractivity contribution is 7.88. The number of aromatic nitrogens is 1. The lowest BCUT2D eigenvalue weighted by molar-refractivity contribution is 0.572. The standard InChI is InChI=1S/C17H25N5O3S/c1-4-18-17(19-9-10-21-26(3,23)24)20-11-15-12-25-16(22-15)14-7-5-13(2)6-8-14/h5-8,12,21H,4,9-11H2,1-3H3,(H2,18,19,20). The first-order valence-electron chi connectivity index (χ1n) is 8.35. The summed E-state index contributed by atoms with van der Waals surface area (Å²) in [5, 5.41) is 6.16. The molecule has 0 fully saturated rings. The molecule has 0 bridgehead atoms. The molecular formula is C17H25N5O3S. The minimum Gasteiger partial charge on any atom is -0.444 e. The fraction of sp³-hybridized carbons (Fsp3) is 0.412. The number of oxazole rings is 1. The molecule has 142 valence electrons. The summed E-state index contributed by atoms with van der Waals surface area (Å²) >= 11 is 0. The van der Waals surface area contributed by atoms with Crippen molar-refractivity contribution in [2.45, 2.75) is 20.4 Å². The summed E-state index contributed by atoms with van der Waals surface area (Å²) in [4.78, 5) is 8.88. The predicted octanol–water partition coefficient (Wildman–Crippen LogP) is 1.25. The van der Waals surface area contributed by atoms with Crippen molar-refractivity contribution in [2.75, 3.05) is 25.9 Å². The van der Waals surface area contributed by atoms with Crippen LogP contribution in [0, 0.1) is 6.92 Å². The van der Waals surface area contributed by atoms with Crippen molar-refractivity contribution in [1.29, 1.82) is 0 Å². The molecule has 9 heteroatoms. The van der Waals surface area contributed by atoms with Crippen molar-refractivity contribution in [3.63, 3.8) is 0 Å². The first kappa shape index (κ1) is 19.9. The van der Waals surface area contributed by atoms with Gasteiger partial charge in [0.25, 0.3) is 0 Å². The molecule has 0 saturated heterocycles. The summed E-state index contributed by atoms with van der Waals surface area (Å²) in [7, 11) is -3.19. The van der Waals surface area contributed by atoms with Crippen molar-refractivity contribution in [1.82, 2.24) is 20.3 Å². The normalized spacial score (nSPS) is 12.2. The van der Waals surface area contributed by atoms with Crippen LogP contribution in [0.15, 0.2) is 39.9 Å². The van der Waals surface area contributed by atoms with E-state index < -0.39 is 10.0 Å². The summed E-state index contributed by atoms with van der Waals surface area (Å²) in [6.07, 6.45) is 2.72. The zero-order chi connectivity index (χ0) is 19.0. The van der Waals surface area contributed by atoms with Gasteiger partial charge in [-0.1, -0.05) is 17.7 Å². The van der Waals surface area contributed by atoms with Gasteiger partial charge in [0.15, 0.2) is 5.96 Å². The van der Waals surface area contributed by atoms with E-state index in [9.17, 15) is 8.42 Å². The van der Waals surface area contributed by atoms with Crippen molar-refractivity contribution >= 4 is 16.0 Å². The maximum atomic E-state index is 11.0. The van der Waals surface area contributed by atoms with Crippen molar-refractivity contribution in [3.8, 4) is 11.5 Å². The second kappa shape index (κ2) is 9.35. The van der Waals surface area contributed by atoms with Crippen LogP contribution in [0.2, 0.25) is 0 Å². The van der Waals surface area contributed by atoms with E-state index >= 15 is 0 Å². The van der Waals surface area contributed by atoms with Crippen LogP contribution in [0.5, 0.6) is 0 Å². The average molecular weight is 379 g/mol. The Balaban J connectivity index is 1.93. The Labute approximate surface area is 154 Å². The van der Waals surface area contributed by atoms with Gasteiger partial charge in [-0.05, 0) is 26.0 Å². The molecule has 3 N–H and O–H groups in total. The predicted molar refractivity (Wildman–Crippen MR) is 102 cm³/mol. The molecule has 0 spiro atoms. The van der Waals surface area contributed by atoms with Gasteiger partial charge in [0.1, 0.15) is 12.0 Å². The minimum absolute atomic E-state index is 0.283. The quantitative estimate of drug-likeness (QED) is 0.362. The first-order valence-corrected chi connectivity index (χ1v) is 10.2. The van der Waals surface area contributed by atoms with Crippen LogP contribution in [0.25, 0.3) is 11.5 Å². The van der Waals surface area contributed by atoms with E-state index in [1.54, 1.807) is 6.26 Å². The van der Waals surface area contributed by atoms with E-state index in [2.05, 4.69) is 25.3 Å².